The number of ketones is 2. The van der Waals surface area contributed by atoms with Gasteiger partial charge in [-0.3, -0.25) is 9.59 Å². The van der Waals surface area contributed by atoms with Crippen LogP contribution in [0.1, 0.15) is 17.7 Å². The fourth-order valence-electron chi connectivity index (χ4n) is 2.32. The first-order valence-electron chi connectivity index (χ1n) is 7.79. The van der Waals surface area contributed by atoms with Crippen LogP contribution in [0.15, 0.2) is 71.2 Å². The molecule has 2 aromatic carbocycles. The average Bonchev–Trinajstić information content (AvgIpc) is 3.02. The molecule has 4 heteroatoms. The van der Waals surface area contributed by atoms with Crippen molar-refractivity contribution in [2.45, 2.75) is 6.42 Å². The molecular formula is C21H16O4. The first-order chi connectivity index (χ1) is 12.1. The zero-order chi connectivity index (χ0) is 17.6. The first-order valence-corrected chi connectivity index (χ1v) is 7.79. The molecule has 124 valence electrons. The standard InChI is InChI=1S/C21H16O4/c22-17-8-5-15(6-9-17)7-10-18(23)14-19(24)11-12-20-13-16-3-1-2-4-21(16)25-20/h1-13,22H,14H2. The van der Waals surface area contributed by atoms with Gasteiger partial charge in [-0.15, -0.1) is 0 Å². The predicted octanol–water partition coefficient (Wildman–Crippen LogP) is 4.39. The molecule has 25 heavy (non-hydrogen) atoms. The SMILES string of the molecule is O=C(C=Cc1ccc(O)cc1)CC(=O)C=Cc1cc2ccccc2o1. The molecule has 0 radical (unpaired) electrons. The van der Waals surface area contributed by atoms with Gasteiger partial charge in [-0.25, -0.2) is 0 Å². The Balaban J connectivity index is 1.57. The molecular weight excluding hydrogens is 316 g/mol. The topological polar surface area (TPSA) is 67.5 Å². The summed E-state index contributed by atoms with van der Waals surface area (Å²) < 4.78 is 5.58. The number of furan rings is 1. The molecule has 0 spiro atoms. The number of hydrogen-bond donors (Lipinski definition) is 1. The van der Waals surface area contributed by atoms with Gasteiger partial charge in [0.05, 0.1) is 6.42 Å². The Kier molecular flexibility index (Phi) is 4.90. The normalized spacial score (nSPS) is 11.5. The van der Waals surface area contributed by atoms with E-state index in [9.17, 15) is 14.7 Å². The van der Waals surface area contributed by atoms with Crippen molar-refractivity contribution in [1.82, 2.24) is 0 Å². The molecule has 0 aliphatic carbocycles. The molecule has 0 fully saturated rings. The number of phenolic OH excluding ortho intramolecular Hbond substituents is 1. The summed E-state index contributed by atoms with van der Waals surface area (Å²) in [7, 11) is 0. The summed E-state index contributed by atoms with van der Waals surface area (Å²) in [5.41, 5.74) is 1.53. The molecule has 0 aliphatic heterocycles. The lowest BCUT2D eigenvalue weighted by atomic mass is 10.1. The van der Waals surface area contributed by atoms with Crippen LogP contribution in [-0.2, 0) is 9.59 Å². The van der Waals surface area contributed by atoms with E-state index in [1.165, 1.54) is 24.3 Å². The van der Waals surface area contributed by atoms with Crippen LogP contribution in [0.2, 0.25) is 0 Å². The van der Waals surface area contributed by atoms with Gasteiger partial charge < -0.3 is 9.52 Å². The van der Waals surface area contributed by atoms with Crippen molar-refractivity contribution < 1.29 is 19.1 Å². The Morgan fingerprint density at radius 3 is 2.32 bits per heavy atom. The second-order valence-electron chi connectivity index (χ2n) is 5.55. The molecule has 0 bridgehead atoms. The van der Waals surface area contributed by atoms with Crippen molar-refractivity contribution >= 4 is 34.7 Å². The summed E-state index contributed by atoms with van der Waals surface area (Å²) in [5, 5.41) is 10.2. The van der Waals surface area contributed by atoms with Crippen LogP contribution in [0.5, 0.6) is 5.75 Å². The number of fused-ring (bicyclic) bond motifs is 1. The third-order valence-electron chi connectivity index (χ3n) is 3.58. The Bertz CT molecular complexity index is 926. The van der Waals surface area contributed by atoms with Gasteiger partial charge >= 0.3 is 0 Å². The van der Waals surface area contributed by atoms with E-state index in [0.717, 1.165) is 16.5 Å². The number of hydrogen-bond acceptors (Lipinski definition) is 4. The number of para-hydroxylation sites is 1. The molecule has 0 unspecified atom stereocenters. The van der Waals surface area contributed by atoms with Crippen LogP contribution in [0.3, 0.4) is 0 Å². The van der Waals surface area contributed by atoms with Crippen molar-refractivity contribution in [3.63, 3.8) is 0 Å². The van der Waals surface area contributed by atoms with Crippen LogP contribution in [0.25, 0.3) is 23.1 Å². The summed E-state index contributed by atoms with van der Waals surface area (Å²) in [5.74, 6) is 0.157. The second-order valence-corrected chi connectivity index (χ2v) is 5.55. The molecule has 3 rings (SSSR count). The van der Waals surface area contributed by atoms with Gasteiger partial charge in [-0.2, -0.15) is 0 Å². The minimum Gasteiger partial charge on any atom is -0.508 e. The summed E-state index contributed by atoms with van der Waals surface area (Å²) in [6.45, 7) is 0. The summed E-state index contributed by atoms with van der Waals surface area (Å²) in [6, 6.07) is 15.8. The average molecular weight is 332 g/mol. The van der Waals surface area contributed by atoms with Crippen molar-refractivity contribution in [2.75, 3.05) is 0 Å². The van der Waals surface area contributed by atoms with E-state index in [4.69, 9.17) is 4.42 Å². The fourth-order valence-corrected chi connectivity index (χ4v) is 2.32. The summed E-state index contributed by atoms with van der Waals surface area (Å²) >= 11 is 0. The largest absolute Gasteiger partial charge is 0.508 e. The molecule has 0 atom stereocenters. The van der Waals surface area contributed by atoms with Crippen LogP contribution in [-0.4, -0.2) is 16.7 Å². The fraction of sp³-hybridized carbons (Fsp3) is 0.0476. The minimum atomic E-state index is -0.291. The number of allylic oxidation sites excluding steroid dienone is 2. The third-order valence-corrected chi connectivity index (χ3v) is 3.58. The maximum atomic E-state index is 11.9. The van der Waals surface area contributed by atoms with E-state index in [1.807, 2.05) is 30.3 Å². The van der Waals surface area contributed by atoms with Crippen molar-refractivity contribution in [3.8, 4) is 5.75 Å². The molecule has 1 aromatic heterocycles. The highest BCUT2D eigenvalue weighted by atomic mass is 16.3. The maximum absolute atomic E-state index is 11.9. The van der Waals surface area contributed by atoms with E-state index >= 15 is 0 Å². The Morgan fingerprint density at radius 2 is 1.60 bits per heavy atom. The Labute approximate surface area is 144 Å². The highest BCUT2D eigenvalue weighted by Gasteiger charge is 2.05. The summed E-state index contributed by atoms with van der Waals surface area (Å²) in [4.78, 5) is 23.7. The minimum absolute atomic E-state index is 0.161. The number of carbonyl (C=O) groups excluding carboxylic acids is 2. The number of phenols is 1. The molecule has 4 nitrogen and oxygen atoms in total. The number of aromatic hydroxyl groups is 1. The van der Waals surface area contributed by atoms with Gasteiger partial charge in [-0.05, 0) is 48.1 Å². The highest BCUT2D eigenvalue weighted by Crippen LogP contribution is 2.19. The third kappa shape index (κ3) is 4.54. The summed E-state index contributed by atoms with van der Waals surface area (Å²) in [6.07, 6.45) is 5.69. The molecule has 1 heterocycles. The first kappa shape index (κ1) is 16.5. The second kappa shape index (κ2) is 7.45. The number of benzene rings is 2. The van der Waals surface area contributed by atoms with Crippen molar-refractivity contribution in [2.24, 2.45) is 0 Å². The van der Waals surface area contributed by atoms with Gasteiger partial charge in [-0.1, -0.05) is 36.4 Å². The maximum Gasteiger partial charge on any atom is 0.163 e. The molecule has 3 aromatic rings. The van der Waals surface area contributed by atoms with E-state index in [1.54, 1.807) is 24.3 Å². The van der Waals surface area contributed by atoms with Gasteiger partial charge in [0.15, 0.2) is 11.6 Å². The highest BCUT2D eigenvalue weighted by molar-refractivity contribution is 6.10. The van der Waals surface area contributed by atoms with Gasteiger partial charge in [0.2, 0.25) is 0 Å². The van der Waals surface area contributed by atoms with Gasteiger partial charge in [0.1, 0.15) is 17.1 Å². The lowest BCUT2D eigenvalue weighted by Gasteiger charge is -1.94. The van der Waals surface area contributed by atoms with Crippen molar-refractivity contribution in [3.05, 3.63) is 78.1 Å². The van der Waals surface area contributed by atoms with Crippen LogP contribution in [0.4, 0.5) is 0 Å². The lowest BCUT2D eigenvalue weighted by Crippen LogP contribution is -2.01. The number of carbonyl (C=O) groups is 2. The zero-order valence-corrected chi connectivity index (χ0v) is 13.4. The Hall–Kier alpha value is -3.40. The lowest BCUT2D eigenvalue weighted by molar-refractivity contribution is -0.121. The quantitative estimate of drug-likeness (QED) is 0.537. The van der Waals surface area contributed by atoms with Crippen LogP contribution in [0, 0.1) is 0 Å². The van der Waals surface area contributed by atoms with E-state index in [-0.39, 0.29) is 23.7 Å². The molecule has 0 amide bonds. The van der Waals surface area contributed by atoms with Crippen LogP contribution >= 0.6 is 0 Å². The van der Waals surface area contributed by atoms with E-state index < -0.39 is 0 Å². The van der Waals surface area contributed by atoms with Gasteiger partial charge in [0.25, 0.3) is 0 Å². The zero-order valence-electron chi connectivity index (χ0n) is 13.4. The van der Waals surface area contributed by atoms with Crippen molar-refractivity contribution in [1.29, 1.82) is 0 Å². The molecule has 0 saturated heterocycles. The van der Waals surface area contributed by atoms with E-state index in [0.29, 0.717) is 5.76 Å². The number of rotatable bonds is 6. The monoisotopic (exact) mass is 332 g/mol. The molecule has 0 saturated carbocycles. The predicted molar refractivity (Wildman–Crippen MR) is 97.0 cm³/mol. The smallest absolute Gasteiger partial charge is 0.163 e. The molecule has 1 N–H and O–H groups in total. The Morgan fingerprint density at radius 1 is 0.920 bits per heavy atom. The van der Waals surface area contributed by atoms with Crippen LogP contribution < -0.4 is 0 Å². The van der Waals surface area contributed by atoms with E-state index in [2.05, 4.69) is 0 Å². The van der Waals surface area contributed by atoms with Gasteiger partial charge in [0, 0.05) is 5.39 Å². The molecule has 0 aliphatic rings.